The summed E-state index contributed by atoms with van der Waals surface area (Å²) in [5.41, 5.74) is 0.402. The Morgan fingerprint density at radius 2 is 2.22 bits per heavy atom. The molecule has 0 atom stereocenters. The first-order valence-electron chi connectivity index (χ1n) is 6.61. The van der Waals surface area contributed by atoms with E-state index in [-0.39, 0.29) is 5.82 Å². The third-order valence-corrected chi connectivity index (χ3v) is 3.19. The standard InChI is InChI=1S/C13H11ClN6O3/c14-9-2-1-5-16-13(9)23-7-6-15-10-3-4-11-17-8-12(20(21)22)19(11)18-10/h1-5,8H,6-7H2,(H,15,18). The molecule has 0 fully saturated rings. The molecule has 0 aliphatic heterocycles. The Kier molecular flexibility index (Phi) is 4.20. The molecule has 0 aromatic carbocycles. The Morgan fingerprint density at radius 3 is 3.00 bits per heavy atom. The van der Waals surface area contributed by atoms with E-state index in [1.165, 1.54) is 4.52 Å². The van der Waals surface area contributed by atoms with Crippen molar-refractivity contribution in [2.75, 3.05) is 18.5 Å². The fraction of sp³-hybridized carbons (Fsp3) is 0.154. The first kappa shape index (κ1) is 15.0. The molecule has 0 aliphatic rings. The molecule has 0 radical (unpaired) electrons. The molecular formula is C13H11ClN6O3. The van der Waals surface area contributed by atoms with Gasteiger partial charge in [0.1, 0.15) is 17.8 Å². The van der Waals surface area contributed by atoms with Gasteiger partial charge < -0.3 is 20.2 Å². The van der Waals surface area contributed by atoms with E-state index in [9.17, 15) is 10.1 Å². The van der Waals surface area contributed by atoms with Crippen molar-refractivity contribution in [3.63, 3.8) is 0 Å². The Bertz CT molecular complexity index is 853. The SMILES string of the molecule is O=[N+]([O-])c1cnc2ccc(NCCOc3ncccc3Cl)nn12. The van der Waals surface area contributed by atoms with Crippen molar-refractivity contribution in [3.05, 3.63) is 51.8 Å². The molecule has 0 amide bonds. The average molecular weight is 335 g/mol. The average Bonchev–Trinajstić information content (AvgIpc) is 2.96. The normalized spacial score (nSPS) is 10.7. The minimum absolute atomic E-state index is 0.194. The molecule has 1 N–H and O–H groups in total. The van der Waals surface area contributed by atoms with Gasteiger partial charge in [-0.2, -0.15) is 0 Å². The number of hydrogen-bond donors (Lipinski definition) is 1. The second kappa shape index (κ2) is 6.44. The van der Waals surface area contributed by atoms with Crippen LogP contribution in [0.25, 0.3) is 5.65 Å². The number of nitro groups is 1. The van der Waals surface area contributed by atoms with Crippen LogP contribution in [0.5, 0.6) is 5.88 Å². The third kappa shape index (κ3) is 3.29. The molecule has 0 unspecified atom stereocenters. The van der Waals surface area contributed by atoms with E-state index < -0.39 is 4.92 Å². The number of fused-ring (bicyclic) bond motifs is 1. The van der Waals surface area contributed by atoms with Crippen molar-refractivity contribution < 1.29 is 9.66 Å². The van der Waals surface area contributed by atoms with Crippen molar-refractivity contribution in [2.24, 2.45) is 0 Å². The van der Waals surface area contributed by atoms with Gasteiger partial charge in [-0.1, -0.05) is 21.2 Å². The molecule has 0 aliphatic carbocycles. The fourth-order valence-electron chi connectivity index (χ4n) is 1.88. The largest absolute Gasteiger partial charge is 0.475 e. The van der Waals surface area contributed by atoms with Crippen molar-refractivity contribution in [1.29, 1.82) is 0 Å². The number of ether oxygens (including phenoxy) is 1. The zero-order chi connectivity index (χ0) is 16.2. The van der Waals surface area contributed by atoms with Crippen LogP contribution in [0.4, 0.5) is 11.6 Å². The topological polar surface area (TPSA) is 107 Å². The fourth-order valence-corrected chi connectivity index (χ4v) is 2.06. The highest BCUT2D eigenvalue weighted by Crippen LogP contribution is 2.19. The summed E-state index contributed by atoms with van der Waals surface area (Å²) in [7, 11) is 0. The summed E-state index contributed by atoms with van der Waals surface area (Å²) in [5.74, 6) is 0.624. The lowest BCUT2D eigenvalue weighted by Gasteiger charge is -2.07. The highest BCUT2D eigenvalue weighted by molar-refractivity contribution is 6.31. The van der Waals surface area contributed by atoms with E-state index in [0.29, 0.717) is 35.5 Å². The number of imidazole rings is 1. The van der Waals surface area contributed by atoms with Crippen LogP contribution in [0.15, 0.2) is 36.7 Å². The summed E-state index contributed by atoms with van der Waals surface area (Å²) in [5, 5.41) is 18.4. The van der Waals surface area contributed by atoms with Crippen LogP contribution >= 0.6 is 11.6 Å². The molecular weight excluding hydrogens is 324 g/mol. The van der Waals surface area contributed by atoms with Gasteiger partial charge in [0.05, 0.1) is 6.54 Å². The Hall–Kier alpha value is -2.94. The first-order chi connectivity index (χ1) is 11.1. The highest BCUT2D eigenvalue weighted by atomic mass is 35.5. The Balaban J connectivity index is 1.62. The highest BCUT2D eigenvalue weighted by Gasteiger charge is 2.15. The molecule has 3 aromatic rings. The number of aromatic nitrogens is 4. The van der Waals surface area contributed by atoms with Crippen LogP contribution < -0.4 is 10.1 Å². The number of pyridine rings is 1. The van der Waals surface area contributed by atoms with Crippen molar-refractivity contribution in [1.82, 2.24) is 19.6 Å². The number of halogens is 1. The van der Waals surface area contributed by atoms with E-state index >= 15 is 0 Å². The minimum atomic E-state index is -0.539. The molecule has 10 heteroatoms. The number of hydrogen-bond acceptors (Lipinski definition) is 7. The molecule has 0 saturated heterocycles. The van der Waals surface area contributed by atoms with Gasteiger partial charge in [0.15, 0.2) is 5.82 Å². The number of nitrogens with zero attached hydrogens (tertiary/aromatic N) is 5. The molecule has 23 heavy (non-hydrogen) atoms. The molecule has 3 aromatic heterocycles. The van der Waals surface area contributed by atoms with Gasteiger partial charge in [-0.05, 0) is 23.1 Å². The summed E-state index contributed by atoms with van der Waals surface area (Å²) in [6.07, 6.45) is 2.75. The van der Waals surface area contributed by atoms with Gasteiger partial charge >= 0.3 is 5.82 Å². The molecule has 3 rings (SSSR count). The van der Waals surface area contributed by atoms with Crippen LogP contribution in [0, 0.1) is 10.1 Å². The van der Waals surface area contributed by atoms with Crippen LogP contribution in [-0.2, 0) is 0 Å². The van der Waals surface area contributed by atoms with E-state index in [0.717, 1.165) is 6.20 Å². The van der Waals surface area contributed by atoms with Gasteiger partial charge in [-0.25, -0.2) is 9.97 Å². The minimum Gasteiger partial charge on any atom is -0.475 e. The van der Waals surface area contributed by atoms with Gasteiger partial charge in [0, 0.05) is 12.3 Å². The molecule has 9 nitrogen and oxygen atoms in total. The summed E-state index contributed by atoms with van der Waals surface area (Å²) in [6, 6.07) is 6.72. The van der Waals surface area contributed by atoms with Crippen molar-refractivity contribution in [2.45, 2.75) is 0 Å². The van der Waals surface area contributed by atoms with Crippen LogP contribution in [0.1, 0.15) is 0 Å². The smallest absolute Gasteiger partial charge is 0.368 e. The van der Waals surface area contributed by atoms with Crippen LogP contribution in [0.3, 0.4) is 0 Å². The number of nitrogens with one attached hydrogen (secondary N) is 1. The van der Waals surface area contributed by atoms with E-state index in [2.05, 4.69) is 20.4 Å². The second-order valence-electron chi connectivity index (χ2n) is 4.43. The van der Waals surface area contributed by atoms with Gasteiger partial charge in [0.25, 0.3) is 0 Å². The number of rotatable bonds is 6. The van der Waals surface area contributed by atoms with E-state index in [4.69, 9.17) is 16.3 Å². The maximum atomic E-state index is 10.9. The molecule has 0 saturated carbocycles. The second-order valence-corrected chi connectivity index (χ2v) is 4.83. The lowest BCUT2D eigenvalue weighted by Crippen LogP contribution is -2.14. The predicted molar refractivity (Wildman–Crippen MR) is 82.9 cm³/mol. The summed E-state index contributed by atoms with van der Waals surface area (Å²) in [6.45, 7) is 0.733. The molecule has 0 bridgehead atoms. The molecule has 118 valence electrons. The zero-order valence-electron chi connectivity index (χ0n) is 11.7. The van der Waals surface area contributed by atoms with E-state index in [1.807, 2.05) is 0 Å². The molecule has 3 heterocycles. The van der Waals surface area contributed by atoms with Gasteiger partial charge in [-0.15, -0.1) is 0 Å². The van der Waals surface area contributed by atoms with E-state index in [1.54, 1.807) is 30.5 Å². The van der Waals surface area contributed by atoms with Crippen LogP contribution in [0.2, 0.25) is 5.02 Å². The Labute approximate surface area is 135 Å². The van der Waals surface area contributed by atoms with Crippen molar-refractivity contribution >= 4 is 28.9 Å². The third-order valence-electron chi connectivity index (χ3n) is 2.90. The monoisotopic (exact) mass is 334 g/mol. The summed E-state index contributed by atoms with van der Waals surface area (Å²) in [4.78, 5) is 18.3. The number of anilines is 1. The Morgan fingerprint density at radius 1 is 1.35 bits per heavy atom. The first-order valence-corrected chi connectivity index (χ1v) is 6.99. The predicted octanol–water partition coefficient (Wildman–Crippen LogP) is 2.18. The maximum absolute atomic E-state index is 10.9. The lowest BCUT2D eigenvalue weighted by atomic mass is 10.5. The van der Waals surface area contributed by atoms with Gasteiger partial charge in [-0.3, -0.25) is 0 Å². The molecule has 0 spiro atoms. The maximum Gasteiger partial charge on any atom is 0.368 e. The summed E-state index contributed by atoms with van der Waals surface area (Å²) < 4.78 is 6.60. The lowest BCUT2D eigenvalue weighted by molar-refractivity contribution is -0.391. The van der Waals surface area contributed by atoms with Crippen molar-refractivity contribution in [3.8, 4) is 5.88 Å². The zero-order valence-corrected chi connectivity index (χ0v) is 12.5. The quantitative estimate of drug-likeness (QED) is 0.418. The van der Waals surface area contributed by atoms with Crippen LogP contribution in [-0.4, -0.2) is 37.7 Å². The van der Waals surface area contributed by atoms with Gasteiger partial charge in [0.2, 0.25) is 11.5 Å². The summed E-state index contributed by atoms with van der Waals surface area (Å²) >= 11 is 5.93.